The lowest BCUT2D eigenvalue weighted by atomic mass is 10.1. The molecule has 0 aliphatic heterocycles. The van der Waals surface area contributed by atoms with E-state index in [1.54, 1.807) is 29.6 Å². The molecule has 35 heavy (non-hydrogen) atoms. The number of thioether (sulfide) groups is 1. The molecule has 0 bridgehead atoms. The normalized spacial score (nSPS) is 11.8. The molecule has 3 rings (SSSR count). The number of esters is 1. The molecule has 9 nitrogen and oxygen atoms in total. The highest BCUT2D eigenvalue weighted by atomic mass is 32.2. The summed E-state index contributed by atoms with van der Waals surface area (Å²) in [6, 6.07) is 9.86. The van der Waals surface area contributed by atoms with Crippen LogP contribution in [0.15, 0.2) is 36.5 Å². The van der Waals surface area contributed by atoms with Gasteiger partial charge < -0.3 is 29.4 Å². The van der Waals surface area contributed by atoms with Gasteiger partial charge in [-0.25, -0.2) is 9.78 Å². The zero-order valence-electron chi connectivity index (χ0n) is 20.7. The maximum Gasteiger partial charge on any atom is 0.356 e. The number of amides is 1. The highest BCUT2D eigenvalue weighted by molar-refractivity contribution is 7.98. The molecule has 0 fully saturated rings. The Morgan fingerprint density at radius 2 is 1.91 bits per heavy atom. The third kappa shape index (κ3) is 6.46. The molecule has 1 unspecified atom stereocenters. The van der Waals surface area contributed by atoms with Gasteiger partial charge in [-0.3, -0.25) is 4.79 Å². The number of fused-ring (bicyclic) bond motifs is 1. The van der Waals surface area contributed by atoms with Gasteiger partial charge >= 0.3 is 5.97 Å². The van der Waals surface area contributed by atoms with E-state index in [0.717, 1.165) is 22.8 Å². The predicted octanol–water partition coefficient (Wildman–Crippen LogP) is 3.82. The third-order valence-corrected chi connectivity index (χ3v) is 6.26. The molecular formula is C25H32N4O5S. The summed E-state index contributed by atoms with van der Waals surface area (Å²) >= 11 is 1.74. The van der Waals surface area contributed by atoms with Crippen molar-refractivity contribution in [2.75, 3.05) is 50.6 Å². The second-order valence-electron chi connectivity index (χ2n) is 8.04. The van der Waals surface area contributed by atoms with Crippen LogP contribution in [0, 0.1) is 0 Å². The van der Waals surface area contributed by atoms with Gasteiger partial charge in [-0.2, -0.15) is 11.8 Å². The number of pyridine rings is 1. The number of aromatic nitrogens is 2. The summed E-state index contributed by atoms with van der Waals surface area (Å²) in [6.45, 7) is 2.40. The smallest absolute Gasteiger partial charge is 0.356 e. The highest BCUT2D eigenvalue weighted by Gasteiger charge is 2.26. The number of rotatable bonds is 12. The first-order chi connectivity index (χ1) is 16.9. The minimum Gasteiger partial charge on any atom is -0.497 e. The molecule has 188 valence electrons. The maximum atomic E-state index is 12.9. The fourth-order valence-corrected chi connectivity index (χ4v) is 4.46. The Bertz CT molecular complexity index is 1160. The Morgan fingerprint density at radius 1 is 1.17 bits per heavy atom. The lowest BCUT2D eigenvalue weighted by Gasteiger charge is -2.14. The van der Waals surface area contributed by atoms with Crippen LogP contribution in [0.25, 0.3) is 11.0 Å². The van der Waals surface area contributed by atoms with E-state index in [1.807, 2.05) is 30.3 Å². The number of benzene rings is 1. The van der Waals surface area contributed by atoms with Crippen LogP contribution in [0.3, 0.4) is 0 Å². The van der Waals surface area contributed by atoms with Crippen LogP contribution in [0.2, 0.25) is 0 Å². The largest absolute Gasteiger partial charge is 0.497 e. The van der Waals surface area contributed by atoms with E-state index in [2.05, 4.69) is 28.8 Å². The molecule has 3 aromatic rings. The van der Waals surface area contributed by atoms with E-state index in [9.17, 15) is 9.59 Å². The van der Waals surface area contributed by atoms with Crippen molar-refractivity contribution >= 4 is 46.0 Å². The maximum absolute atomic E-state index is 12.9. The number of nitrogens with zero attached hydrogens (tertiary/aromatic N) is 2. The molecule has 10 heteroatoms. The Kier molecular flexibility index (Phi) is 9.39. The summed E-state index contributed by atoms with van der Waals surface area (Å²) < 4.78 is 17.1. The molecule has 2 aromatic heterocycles. The molecule has 0 saturated carbocycles. The van der Waals surface area contributed by atoms with Crippen molar-refractivity contribution in [3.8, 4) is 5.75 Å². The van der Waals surface area contributed by atoms with Gasteiger partial charge in [0.25, 0.3) is 0 Å². The minimum absolute atomic E-state index is 0.144. The number of aryl methyl sites for hydroxylation is 2. The van der Waals surface area contributed by atoms with Crippen molar-refractivity contribution in [3.63, 3.8) is 0 Å². The quantitative estimate of drug-likeness (QED) is 0.362. The number of anilines is 2. The van der Waals surface area contributed by atoms with E-state index in [0.29, 0.717) is 29.7 Å². The first-order valence-electron chi connectivity index (χ1n) is 11.2. The number of carbonyl (C=O) groups is 2. The van der Waals surface area contributed by atoms with Crippen molar-refractivity contribution in [1.82, 2.24) is 9.55 Å². The average molecular weight is 501 g/mol. The molecule has 0 spiro atoms. The van der Waals surface area contributed by atoms with Gasteiger partial charge in [-0.15, -0.1) is 0 Å². The van der Waals surface area contributed by atoms with Crippen LogP contribution < -0.4 is 15.4 Å². The van der Waals surface area contributed by atoms with Crippen LogP contribution in [-0.2, 0) is 27.2 Å². The van der Waals surface area contributed by atoms with E-state index < -0.39 is 5.97 Å². The number of methoxy groups -OCH3 is 3. The summed E-state index contributed by atoms with van der Waals surface area (Å²) in [4.78, 5) is 30.1. The van der Waals surface area contributed by atoms with E-state index in [4.69, 9.17) is 14.2 Å². The van der Waals surface area contributed by atoms with Gasteiger partial charge in [-0.05, 0) is 43.4 Å². The molecule has 0 aliphatic carbocycles. The lowest BCUT2D eigenvalue weighted by molar-refractivity contribution is -0.119. The average Bonchev–Trinajstić information content (AvgIpc) is 3.15. The number of ether oxygens (including phenoxy) is 3. The Hall–Kier alpha value is -3.24. The summed E-state index contributed by atoms with van der Waals surface area (Å²) in [7, 11) is 4.38. The van der Waals surface area contributed by atoms with Crippen LogP contribution in [0.4, 0.5) is 11.4 Å². The topological polar surface area (TPSA) is 104 Å². The minimum atomic E-state index is -0.560. The molecule has 0 radical (unpaired) electrons. The zero-order chi connectivity index (χ0) is 25.4. The van der Waals surface area contributed by atoms with Crippen molar-refractivity contribution in [2.24, 2.45) is 0 Å². The fraction of sp³-hybridized carbons (Fsp3) is 0.400. The molecule has 1 atom stereocenters. The Labute approximate surface area is 209 Å². The number of hydrogen-bond acceptors (Lipinski definition) is 8. The zero-order valence-corrected chi connectivity index (χ0v) is 21.5. The Morgan fingerprint density at radius 3 is 2.54 bits per heavy atom. The third-order valence-electron chi connectivity index (χ3n) is 5.43. The highest BCUT2D eigenvalue weighted by Crippen LogP contribution is 2.33. The lowest BCUT2D eigenvalue weighted by Crippen LogP contribution is -2.20. The predicted molar refractivity (Wildman–Crippen MR) is 140 cm³/mol. The summed E-state index contributed by atoms with van der Waals surface area (Å²) in [5.41, 5.74) is 3.04. The SMILES string of the molecule is COCC(=O)Nc1c(C(=O)OC)n(CCc2ccc(OC)cc2)c2ncc(NC(C)CSC)cc12. The van der Waals surface area contributed by atoms with Gasteiger partial charge in [0.2, 0.25) is 5.91 Å². The van der Waals surface area contributed by atoms with Gasteiger partial charge in [0.05, 0.1) is 31.8 Å². The second kappa shape index (κ2) is 12.5. The van der Waals surface area contributed by atoms with Gasteiger partial charge in [0.15, 0.2) is 5.69 Å². The fourth-order valence-electron chi connectivity index (χ4n) is 3.87. The number of hydrogen-bond donors (Lipinski definition) is 2. The first kappa shape index (κ1) is 26.4. The second-order valence-corrected chi connectivity index (χ2v) is 8.95. The number of carbonyl (C=O) groups excluding carboxylic acids is 2. The van der Waals surface area contributed by atoms with Crippen LogP contribution in [0.5, 0.6) is 5.75 Å². The number of nitrogens with one attached hydrogen (secondary N) is 2. The standard InChI is InChI=1S/C25H32N4O5S/c1-16(15-35-5)27-18-12-20-22(28-21(30)14-32-2)23(25(31)34-4)29(24(20)26-13-18)11-10-17-6-8-19(33-3)9-7-17/h6-9,12-13,16,27H,10-11,14-15H2,1-5H3,(H,28,30). The molecule has 1 aromatic carbocycles. The van der Waals surface area contributed by atoms with Crippen LogP contribution >= 0.6 is 11.8 Å². The van der Waals surface area contributed by atoms with Crippen LogP contribution in [-0.4, -0.2) is 67.4 Å². The monoisotopic (exact) mass is 500 g/mol. The van der Waals surface area contributed by atoms with Crippen LogP contribution in [0.1, 0.15) is 23.0 Å². The Balaban J connectivity index is 2.07. The van der Waals surface area contributed by atoms with E-state index in [-0.39, 0.29) is 24.2 Å². The molecule has 1 amide bonds. The summed E-state index contributed by atoms with van der Waals surface area (Å²) in [6.07, 6.45) is 4.43. The molecule has 2 N–H and O–H groups in total. The van der Waals surface area contributed by atoms with E-state index in [1.165, 1.54) is 14.2 Å². The molecular weight excluding hydrogens is 468 g/mol. The summed E-state index contributed by atoms with van der Waals surface area (Å²) in [5, 5.41) is 6.90. The molecule has 0 aliphatic rings. The molecule has 2 heterocycles. The molecule has 0 saturated heterocycles. The van der Waals surface area contributed by atoms with Crippen molar-refractivity contribution in [2.45, 2.75) is 25.9 Å². The van der Waals surface area contributed by atoms with Crippen molar-refractivity contribution < 1.29 is 23.8 Å². The van der Waals surface area contributed by atoms with E-state index >= 15 is 0 Å². The van der Waals surface area contributed by atoms with Crippen molar-refractivity contribution in [1.29, 1.82) is 0 Å². The van der Waals surface area contributed by atoms with Gasteiger partial charge in [0.1, 0.15) is 18.0 Å². The first-order valence-corrected chi connectivity index (χ1v) is 12.6. The summed E-state index contributed by atoms with van der Waals surface area (Å²) in [5.74, 6) is 0.763. The van der Waals surface area contributed by atoms with Gasteiger partial charge in [0, 0.05) is 30.8 Å². The van der Waals surface area contributed by atoms with Crippen molar-refractivity contribution in [3.05, 3.63) is 47.8 Å². The van der Waals surface area contributed by atoms with Gasteiger partial charge in [-0.1, -0.05) is 12.1 Å².